The number of benzene rings is 2. The summed E-state index contributed by atoms with van der Waals surface area (Å²) in [6.45, 7) is 1.78. The van der Waals surface area contributed by atoms with Gasteiger partial charge in [-0.05, 0) is 60.5 Å². The molecule has 1 aliphatic rings. The molecule has 27 heavy (non-hydrogen) atoms. The van der Waals surface area contributed by atoms with Crippen molar-refractivity contribution < 1.29 is 19.7 Å². The molecule has 0 atom stereocenters. The van der Waals surface area contributed by atoms with Gasteiger partial charge in [-0.2, -0.15) is 0 Å². The molecule has 0 aromatic heterocycles. The second-order valence-corrected chi connectivity index (χ2v) is 7.23. The van der Waals surface area contributed by atoms with Crippen molar-refractivity contribution in [1.82, 2.24) is 0 Å². The number of esters is 1. The number of halogens is 1. The van der Waals surface area contributed by atoms with Gasteiger partial charge in [0.1, 0.15) is 22.1 Å². The Morgan fingerprint density at radius 2 is 1.89 bits per heavy atom. The number of nitrogens with zero attached hydrogens (tertiary/aromatic N) is 1. The quantitative estimate of drug-likeness (QED) is 0.694. The van der Waals surface area contributed by atoms with Crippen LogP contribution in [0.25, 0.3) is 6.08 Å². The van der Waals surface area contributed by atoms with Gasteiger partial charge in [-0.15, -0.1) is 0 Å². The van der Waals surface area contributed by atoms with Gasteiger partial charge in [0.15, 0.2) is 0 Å². The van der Waals surface area contributed by atoms with E-state index < -0.39 is 5.97 Å². The number of thioether (sulfide) groups is 1. The molecular formula is C20H16ClNO4S. The van der Waals surface area contributed by atoms with Gasteiger partial charge in [0, 0.05) is 5.02 Å². The summed E-state index contributed by atoms with van der Waals surface area (Å²) >= 11 is 7.05. The molecule has 0 saturated heterocycles. The van der Waals surface area contributed by atoms with E-state index in [0.717, 1.165) is 5.56 Å². The second-order valence-electron chi connectivity index (χ2n) is 5.77. The Bertz CT molecular complexity index is 994. The van der Waals surface area contributed by atoms with Crippen LogP contribution in [-0.4, -0.2) is 28.3 Å². The topological polar surface area (TPSA) is 79.1 Å². The van der Waals surface area contributed by atoms with E-state index >= 15 is 0 Å². The van der Waals surface area contributed by atoms with Gasteiger partial charge in [0.05, 0.1) is 17.7 Å². The Morgan fingerprint density at radius 1 is 1.19 bits per heavy atom. The fourth-order valence-corrected chi connectivity index (χ4v) is 3.60. The largest absolute Gasteiger partial charge is 0.508 e. The number of phenols is 1. The van der Waals surface area contributed by atoms with Crippen molar-refractivity contribution in [2.75, 3.05) is 7.11 Å². The van der Waals surface area contributed by atoms with Crippen molar-refractivity contribution in [3.8, 4) is 5.75 Å². The van der Waals surface area contributed by atoms with E-state index in [1.54, 1.807) is 55.5 Å². The van der Waals surface area contributed by atoms with Crippen LogP contribution in [0.3, 0.4) is 0 Å². The highest BCUT2D eigenvalue weighted by molar-refractivity contribution is 8.18. The van der Waals surface area contributed by atoms with Crippen molar-refractivity contribution in [3.63, 3.8) is 0 Å². The first-order chi connectivity index (χ1) is 12.9. The molecule has 0 aliphatic carbocycles. The fourth-order valence-electron chi connectivity index (χ4n) is 2.44. The number of aliphatic hydroxyl groups excluding tert-OH is 1. The van der Waals surface area contributed by atoms with Crippen LogP contribution in [0.5, 0.6) is 5.75 Å². The predicted octanol–water partition coefficient (Wildman–Crippen LogP) is 5.16. The number of aliphatic hydroxyl groups is 1. The van der Waals surface area contributed by atoms with Crippen LogP contribution < -0.4 is 0 Å². The Kier molecular flexibility index (Phi) is 5.58. The fraction of sp³-hybridized carbons (Fsp3) is 0.100. The minimum absolute atomic E-state index is 0.0131. The second kappa shape index (κ2) is 7.90. The van der Waals surface area contributed by atoms with Gasteiger partial charge in [-0.3, -0.25) is 0 Å². The molecule has 0 saturated carbocycles. The van der Waals surface area contributed by atoms with Crippen molar-refractivity contribution in [1.29, 1.82) is 0 Å². The van der Waals surface area contributed by atoms with Crippen LogP contribution in [-0.2, 0) is 9.53 Å². The lowest BCUT2D eigenvalue weighted by Crippen LogP contribution is -2.10. The summed E-state index contributed by atoms with van der Waals surface area (Å²) in [5.41, 5.74) is 2.09. The summed E-state index contributed by atoms with van der Waals surface area (Å²) < 4.78 is 4.79. The number of hydrogen-bond donors (Lipinski definition) is 2. The van der Waals surface area contributed by atoms with Gasteiger partial charge in [-0.25, -0.2) is 9.79 Å². The van der Waals surface area contributed by atoms with Crippen LogP contribution in [0, 0.1) is 6.92 Å². The minimum Gasteiger partial charge on any atom is -0.508 e. The first-order valence-corrected chi connectivity index (χ1v) is 9.14. The van der Waals surface area contributed by atoms with E-state index in [9.17, 15) is 15.0 Å². The summed E-state index contributed by atoms with van der Waals surface area (Å²) in [5, 5.41) is 21.1. The molecule has 2 aromatic carbocycles. The molecule has 0 radical (unpaired) electrons. The summed E-state index contributed by atoms with van der Waals surface area (Å²) in [6, 6.07) is 11.9. The van der Waals surface area contributed by atoms with Crippen LogP contribution in [0.2, 0.25) is 5.02 Å². The molecule has 7 heteroatoms. The van der Waals surface area contributed by atoms with Crippen molar-refractivity contribution >= 4 is 46.1 Å². The standard InChI is InChI=1S/C20H16ClNO4S/c1-11-9-12(3-8-15(11)23)10-16-18(24)17(20(25)26-2)19(27-16)22-14-6-4-13(21)5-7-14/h3-10,23-24H,1-2H3/b16-10+,22-19?. The normalized spacial score (nSPS) is 17.0. The summed E-state index contributed by atoms with van der Waals surface area (Å²) in [4.78, 5) is 17.1. The number of ether oxygens (including phenoxy) is 1. The molecule has 3 rings (SSSR count). The minimum atomic E-state index is -0.669. The van der Waals surface area contributed by atoms with Gasteiger partial charge in [-0.1, -0.05) is 29.4 Å². The zero-order valence-corrected chi connectivity index (χ0v) is 16.1. The van der Waals surface area contributed by atoms with Gasteiger partial charge in [0.2, 0.25) is 0 Å². The van der Waals surface area contributed by atoms with Crippen LogP contribution in [0.4, 0.5) is 5.69 Å². The number of methoxy groups -OCH3 is 1. The van der Waals surface area contributed by atoms with E-state index in [2.05, 4.69) is 4.99 Å². The predicted molar refractivity (Wildman–Crippen MR) is 109 cm³/mol. The van der Waals surface area contributed by atoms with E-state index in [0.29, 0.717) is 26.2 Å². The zero-order valence-electron chi connectivity index (χ0n) is 14.6. The third-order valence-electron chi connectivity index (χ3n) is 3.86. The molecule has 1 aliphatic heterocycles. The average Bonchev–Trinajstić information content (AvgIpc) is 2.94. The molecule has 138 valence electrons. The number of carbonyl (C=O) groups is 1. The Balaban J connectivity index is 2.04. The Hall–Kier alpha value is -2.70. The first kappa shape index (κ1) is 19.1. The number of aromatic hydroxyl groups is 1. The lowest BCUT2D eigenvalue weighted by molar-refractivity contribution is -0.135. The van der Waals surface area contributed by atoms with Gasteiger partial charge < -0.3 is 14.9 Å². The highest BCUT2D eigenvalue weighted by Gasteiger charge is 2.32. The highest BCUT2D eigenvalue weighted by atomic mass is 35.5. The number of rotatable bonds is 3. The Morgan fingerprint density at radius 3 is 2.52 bits per heavy atom. The summed E-state index contributed by atoms with van der Waals surface area (Å²) in [6.07, 6.45) is 1.72. The maximum Gasteiger partial charge on any atom is 0.344 e. The molecule has 0 spiro atoms. The maximum atomic E-state index is 12.2. The molecule has 0 unspecified atom stereocenters. The highest BCUT2D eigenvalue weighted by Crippen LogP contribution is 2.40. The molecule has 0 fully saturated rings. The number of aliphatic imine (C=N–C) groups is 1. The van der Waals surface area contributed by atoms with E-state index in [4.69, 9.17) is 16.3 Å². The van der Waals surface area contributed by atoms with Crippen LogP contribution >= 0.6 is 23.4 Å². The molecule has 2 aromatic rings. The number of carbonyl (C=O) groups excluding carboxylic acids is 1. The third-order valence-corrected chi connectivity index (χ3v) is 5.13. The molecule has 2 N–H and O–H groups in total. The molecule has 1 heterocycles. The lowest BCUT2D eigenvalue weighted by atomic mass is 10.1. The van der Waals surface area contributed by atoms with Crippen molar-refractivity contribution in [2.24, 2.45) is 4.99 Å². The maximum absolute atomic E-state index is 12.2. The molecule has 0 amide bonds. The van der Waals surface area contributed by atoms with Crippen LogP contribution in [0.1, 0.15) is 11.1 Å². The van der Waals surface area contributed by atoms with E-state index in [1.807, 2.05) is 0 Å². The first-order valence-electron chi connectivity index (χ1n) is 7.94. The van der Waals surface area contributed by atoms with Crippen molar-refractivity contribution in [3.05, 3.63) is 74.9 Å². The molecule has 0 bridgehead atoms. The molecular weight excluding hydrogens is 386 g/mol. The number of aryl methyl sites for hydroxylation is 1. The van der Waals surface area contributed by atoms with Gasteiger partial charge in [0.25, 0.3) is 0 Å². The average molecular weight is 402 g/mol. The monoisotopic (exact) mass is 401 g/mol. The summed E-state index contributed by atoms with van der Waals surface area (Å²) in [5.74, 6) is -0.667. The number of phenolic OH excluding ortho intramolecular Hbond substituents is 1. The zero-order chi connectivity index (χ0) is 19.6. The SMILES string of the molecule is COC(=O)C1=C(O)/C(=C\c2ccc(O)c(C)c2)SC1=Nc1ccc(Cl)cc1. The van der Waals surface area contributed by atoms with Gasteiger partial charge >= 0.3 is 5.97 Å². The van der Waals surface area contributed by atoms with E-state index in [1.165, 1.54) is 18.9 Å². The smallest absolute Gasteiger partial charge is 0.344 e. The van der Waals surface area contributed by atoms with E-state index in [-0.39, 0.29) is 17.1 Å². The summed E-state index contributed by atoms with van der Waals surface area (Å²) in [7, 11) is 1.25. The van der Waals surface area contributed by atoms with Crippen molar-refractivity contribution in [2.45, 2.75) is 6.92 Å². The Labute approximate surface area is 165 Å². The molecule has 5 nitrogen and oxygen atoms in total. The lowest BCUT2D eigenvalue weighted by Gasteiger charge is -2.02. The third kappa shape index (κ3) is 4.18. The number of hydrogen-bond acceptors (Lipinski definition) is 6. The van der Waals surface area contributed by atoms with Crippen LogP contribution in [0.15, 0.2) is 63.7 Å².